The van der Waals surface area contributed by atoms with Crippen molar-refractivity contribution in [3.63, 3.8) is 0 Å². The summed E-state index contributed by atoms with van der Waals surface area (Å²) in [7, 11) is -2.39. The zero-order chi connectivity index (χ0) is 14.9. The highest BCUT2D eigenvalue weighted by Crippen LogP contribution is 2.35. The van der Waals surface area contributed by atoms with Crippen LogP contribution in [0.4, 0.5) is 11.4 Å². The monoisotopic (exact) mass is 299 g/mol. The molecule has 110 valence electrons. The fourth-order valence-electron chi connectivity index (χ4n) is 2.13. The molecule has 2 N–H and O–H groups in total. The van der Waals surface area contributed by atoms with Crippen LogP contribution in [0.5, 0.6) is 0 Å². The molecular formula is C12H17N3O4S. The molecule has 1 fully saturated rings. The van der Waals surface area contributed by atoms with Gasteiger partial charge in [-0.3, -0.25) is 10.1 Å². The Balaban J connectivity index is 2.42. The van der Waals surface area contributed by atoms with E-state index >= 15 is 0 Å². The van der Waals surface area contributed by atoms with Crippen LogP contribution in [0, 0.1) is 16.0 Å². The maximum Gasteiger partial charge on any atom is 0.312 e. The van der Waals surface area contributed by atoms with E-state index in [1.165, 1.54) is 25.2 Å². The minimum atomic E-state index is -3.90. The summed E-state index contributed by atoms with van der Waals surface area (Å²) >= 11 is 0. The van der Waals surface area contributed by atoms with Crippen molar-refractivity contribution in [3.8, 4) is 0 Å². The van der Waals surface area contributed by atoms with Crippen LogP contribution in [0.3, 0.4) is 0 Å². The molecule has 0 amide bonds. The second-order valence-corrected chi connectivity index (χ2v) is 6.59. The van der Waals surface area contributed by atoms with Gasteiger partial charge in [0.05, 0.1) is 4.92 Å². The molecule has 0 aromatic heterocycles. The summed E-state index contributed by atoms with van der Waals surface area (Å²) < 4.78 is 27.2. The Labute approximate surface area is 117 Å². The molecule has 1 atom stereocenters. The number of rotatable bonds is 6. The van der Waals surface area contributed by atoms with Gasteiger partial charge in [-0.05, 0) is 37.8 Å². The molecule has 0 spiro atoms. The zero-order valence-corrected chi connectivity index (χ0v) is 12.1. The van der Waals surface area contributed by atoms with Gasteiger partial charge in [-0.15, -0.1) is 0 Å². The number of benzene rings is 1. The van der Waals surface area contributed by atoms with Gasteiger partial charge in [0.2, 0.25) is 10.0 Å². The van der Waals surface area contributed by atoms with E-state index in [0.717, 1.165) is 12.8 Å². The third kappa shape index (κ3) is 2.91. The van der Waals surface area contributed by atoms with Crippen molar-refractivity contribution in [2.24, 2.45) is 5.92 Å². The largest absolute Gasteiger partial charge is 0.383 e. The first-order valence-corrected chi connectivity index (χ1v) is 7.82. The summed E-state index contributed by atoms with van der Waals surface area (Å²) in [4.78, 5) is 10.2. The van der Waals surface area contributed by atoms with Crippen LogP contribution in [-0.2, 0) is 10.0 Å². The third-order valence-electron chi connectivity index (χ3n) is 3.41. The topological polar surface area (TPSA) is 101 Å². The van der Waals surface area contributed by atoms with E-state index in [-0.39, 0.29) is 16.6 Å². The first-order chi connectivity index (χ1) is 9.36. The standard InChI is InChI=1S/C12H17N3O4S/c1-8(9-6-7-9)14-20(18,19)11-5-3-4-10(13-2)12(11)15(16)17/h3-5,8-9,13-14H,6-7H2,1-2H3. The molecular weight excluding hydrogens is 282 g/mol. The number of para-hydroxylation sites is 1. The smallest absolute Gasteiger partial charge is 0.312 e. The number of nitro benzene ring substituents is 1. The van der Waals surface area contributed by atoms with E-state index in [4.69, 9.17) is 0 Å². The van der Waals surface area contributed by atoms with Crippen LogP contribution in [0.2, 0.25) is 0 Å². The highest BCUT2D eigenvalue weighted by atomic mass is 32.2. The van der Waals surface area contributed by atoms with E-state index in [2.05, 4.69) is 10.0 Å². The first-order valence-electron chi connectivity index (χ1n) is 6.34. The molecule has 1 unspecified atom stereocenters. The molecule has 0 aliphatic heterocycles. The van der Waals surface area contributed by atoms with Gasteiger partial charge in [0.15, 0.2) is 4.90 Å². The second kappa shape index (κ2) is 5.37. The lowest BCUT2D eigenvalue weighted by molar-refractivity contribution is -0.386. The van der Waals surface area contributed by atoms with Crippen molar-refractivity contribution in [2.45, 2.75) is 30.7 Å². The molecule has 7 nitrogen and oxygen atoms in total. The van der Waals surface area contributed by atoms with Crippen molar-refractivity contribution in [2.75, 3.05) is 12.4 Å². The van der Waals surface area contributed by atoms with Crippen LogP contribution < -0.4 is 10.0 Å². The molecule has 8 heteroatoms. The van der Waals surface area contributed by atoms with Gasteiger partial charge >= 0.3 is 5.69 Å². The number of nitrogens with one attached hydrogen (secondary N) is 2. The maximum atomic E-state index is 12.3. The minimum Gasteiger partial charge on any atom is -0.383 e. The third-order valence-corrected chi connectivity index (χ3v) is 5.00. The Morgan fingerprint density at radius 3 is 2.55 bits per heavy atom. The predicted molar refractivity (Wildman–Crippen MR) is 75.2 cm³/mol. The Morgan fingerprint density at radius 2 is 2.05 bits per heavy atom. The fourth-order valence-corrected chi connectivity index (χ4v) is 3.64. The van der Waals surface area contributed by atoms with E-state index < -0.39 is 20.6 Å². The molecule has 20 heavy (non-hydrogen) atoms. The number of anilines is 1. The van der Waals surface area contributed by atoms with Crippen molar-refractivity contribution < 1.29 is 13.3 Å². The fraction of sp³-hybridized carbons (Fsp3) is 0.500. The minimum absolute atomic E-state index is 0.178. The summed E-state index contributed by atoms with van der Waals surface area (Å²) in [6.45, 7) is 1.78. The molecule has 2 rings (SSSR count). The van der Waals surface area contributed by atoms with E-state index in [1.54, 1.807) is 6.92 Å². The Kier molecular flexibility index (Phi) is 3.96. The molecule has 0 bridgehead atoms. The van der Waals surface area contributed by atoms with Gasteiger partial charge in [-0.1, -0.05) is 6.07 Å². The van der Waals surface area contributed by atoms with Crippen molar-refractivity contribution in [3.05, 3.63) is 28.3 Å². The highest BCUT2D eigenvalue weighted by Gasteiger charge is 2.34. The quantitative estimate of drug-likeness (QED) is 0.615. The van der Waals surface area contributed by atoms with Crippen molar-refractivity contribution in [1.29, 1.82) is 0 Å². The first kappa shape index (κ1) is 14.7. The van der Waals surface area contributed by atoms with E-state index in [9.17, 15) is 18.5 Å². The summed E-state index contributed by atoms with van der Waals surface area (Å²) in [5.74, 6) is 0.330. The predicted octanol–water partition coefficient (Wildman–Crippen LogP) is 1.71. The van der Waals surface area contributed by atoms with Gasteiger partial charge in [-0.25, -0.2) is 13.1 Å². The Hall–Kier alpha value is -1.67. The molecule has 1 aliphatic carbocycles. The molecule has 1 saturated carbocycles. The molecule has 1 aromatic carbocycles. The Morgan fingerprint density at radius 1 is 1.40 bits per heavy atom. The average Bonchev–Trinajstić information content (AvgIpc) is 3.21. The number of sulfonamides is 1. The van der Waals surface area contributed by atoms with Crippen LogP contribution >= 0.6 is 0 Å². The maximum absolute atomic E-state index is 12.3. The van der Waals surface area contributed by atoms with Gasteiger partial charge in [0.25, 0.3) is 0 Å². The summed E-state index contributed by atoms with van der Waals surface area (Å²) in [6.07, 6.45) is 1.98. The second-order valence-electron chi connectivity index (χ2n) is 4.91. The van der Waals surface area contributed by atoms with Crippen molar-refractivity contribution >= 4 is 21.4 Å². The van der Waals surface area contributed by atoms with E-state index in [1.807, 2.05) is 0 Å². The van der Waals surface area contributed by atoms with Gasteiger partial charge < -0.3 is 5.32 Å². The average molecular weight is 299 g/mol. The van der Waals surface area contributed by atoms with Gasteiger partial charge in [-0.2, -0.15) is 0 Å². The lowest BCUT2D eigenvalue weighted by Crippen LogP contribution is -2.34. The van der Waals surface area contributed by atoms with Crippen LogP contribution in [0.25, 0.3) is 0 Å². The number of hydrogen-bond donors (Lipinski definition) is 2. The summed E-state index contributed by atoms with van der Waals surface area (Å²) in [5, 5.41) is 13.8. The van der Waals surface area contributed by atoms with Gasteiger partial charge in [0.1, 0.15) is 5.69 Å². The Bertz CT molecular complexity index is 626. The zero-order valence-electron chi connectivity index (χ0n) is 11.3. The lowest BCUT2D eigenvalue weighted by atomic mass is 10.2. The van der Waals surface area contributed by atoms with Gasteiger partial charge in [0, 0.05) is 13.1 Å². The molecule has 0 heterocycles. The van der Waals surface area contributed by atoms with Crippen molar-refractivity contribution in [1.82, 2.24) is 4.72 Å². The molecule has 1 aliphatic rings. The number of nitro groups is 1. The van der Waals surface area contributed by atoms with Crippen LogP contribution in [0.15, 0.2) is 23.1 Å². The SMILES string of the molecule is CNc1cccc(S(=O)(=O)NC(C)C2CC2)c1[N+](=O)[O-]. The molecule has 0 saturated heterocycles. The molecule has 1 aromatic rings. The number of hydrogen-bond acceptors (Lipinski definition) is 5. The van der Waals surface area contributed by atoms with Crippen LogP contribution in [-0.4, -0.2) is 26.4 Å². The van der Waals surface area contributed by atoms with Crippen LogP contribution in [0.1, 0.15) is 19.8 Å². The highest BCUT2D eigenvalue weighted by molar-refractivity contribution is 7.89. The van der Waals surface area contributed by atoms with E-state index in [0.29, 0.717) is 5.92 Å². The lowest BCUT2D eigenvalue weighted by Gasteiger charge is -2.14. The number of nitrogens with zero attached hydrogens (tertiary/aromatic N) is 1. The molecule has 0 radical (unpaired) electrons. The summed E-state index contributed by atoms with van der Waals surface area (Å²) in [5.41, 5.74) is -0.248. The normalized spacial score (nSPS) is 16.7. The summed E-state index contributed by atoms with van der Waals surface area (Å²) in [6, 6.07) is 4.00.